The molecule has 0 saturated carbocycles. The van der Waals surface area contributed by atoms with E-state index in [0.29, 0.717) is 12.2 Å². The average molecular weight is 266 g/mol. The third-order valence-electron chi connectivity index (χ3n) is 3.00. The minimum Gasteiger partial charge on any atom is -0.497 e. The van der Waals surface area contributed by atoms with E-state index in [9.17, 15) is 4.79 Å². The largest absolute Gasteiger partial charge is 0.497 e. The summed E-state index contributed by atoms with van der Waals surface area (Å²) in [5.41, 5.74) is -0.238. The van der Waals surface area contributed by atoms with Crippen molar-refractivity contribution in [3.8, 4) is 5.75 Å². The molecule has 0 spiro atoms. The fourth-order valence-electron chi connectivity index (χ4n) is 2.07. The van der Waals surface area contributed by atoms with Crippen LogP contribution in [0.15, 0.2) is 24.3 Å². The number of benzene rings is 1. The predicted octanol–water partition coefficient (Wildman–Crippen LogP) is 2.39. The lowest BCUT2D eigenvalue weighted by Crippen LogP contribution is -2.41. The van der Waals surface area contributed by atoms with Crippen LogP contribution < -0.4 is 4.74 Å². The van der Waals surface area contributed by atoms with Crippen LogP contribution in [-0.4, -0.2) is 33.7 Å². The van der Waals surface area contributed by atoms with Gasteiger partial charge in [0.2, 0.25) is 0 Å². The van der Waals surface area contributed by atoms with Crippen molar-refractivity contribution in [2.45, 2.75) is 25.6 Å². The van der Waals surface area contributed by atoms with Crippen molar-refractivity contribution < 1.29 is 18.4 Å². The van der Waals surface area contributed by atoms with Gasteiger partial charge in [-0.1, -0.05) is 0 Å². The summed E-state index contributed by atoms with van der Waals surface area (Å²) in [6.07, 6.45) is 0. The molecule has 1 aromatic carbocycles. The van der Waals surface area contributed by atoms with Crippen molar-refractivity contribution in [1.29, 1.82) is 0 Å². The lowest BCUT2D eigenvalue weighted by atomic mass is 9.96. The first-order valence-electron chi connectivity index (χ1n) is 5.89. The van der Waals surface area contributed by atoms with Gasteiger partial charge in [-0.25, -0.2) is 0 Å². The third kappa shape index (κ3) is 2.48. The second kappa shape index (κ2) is 4.49. The van der Waals surface area contributed by atoms with Gasteiger partial charge >= 0.3 is 8.56 Å². The second-order valence-electron chi connectivity index (χ2n) is 5.08. The van der Waals surface area contributed by atoms with Gasteiger partial charge in [-0.3, -0.25) is 4.79 Å². The Morgan fingerprint density at radius 1 is 1.33 bits per heavy atom. The zero-order valence-electron chi connectivity index (χ0n) is 11.1. The highest BCUT2D eigenvalue weighted by molar-refractivity contribution is 6.65. The first kappa shape index (κ1) is 13.3. The summed E-state index contributed by atoms with van der Waals surface area (Å²) in [6.45, 7) is 6.01. The number of ketones is 1. The van der Waals surface area contributed by atoms with Crippen molar-refractivity contribution in [1.82, 2.24) is 0 Å². The van der Waals surface area contributed by atoms with E-state index in [1.54, 1.807) is 38.3 Å². The van der Waals surface area contributed by atoms with E-state index >= 15 is 0 Å². The van der Waals surface area contributed by atoms with Crippen LogP contribution in [0.4, 0.5) is 0 Å². The first-order chi connectivity index (χ1) is 8.36. The molecule has 0 bridgehead atoms. The Morgan fingerprint density at radius 3 is 2.39 bits per heavy atom. The van der Waals surface area contributed by atoms with Crippen molar-refractivity contribution in [3.05, 3.63) is 29.8 Å². The first-order valence-corrected chi connectivity index (χ1v) is 8.71. The van der Waals surface area contributed by atoms with Crippen molar-refractivity contribution in [2.75, 3.05) is 13.7 Å². The van der Waals surface area contributed by atoms with Gasteiger partial charge in [0.05, 0.1) is 13.7 Å². The zero-order chi connectivity index (χ0) is 13.4. The normalized spacial score (nSPS) is 26.0. The molecule has 1 aliphatic heterocycles. The Morgan fingerprint density at radius 2 is 1.94 bits per heavy atom. The Hall–Kier alpha value is -1.17. The molecule has 0 aromatic heterocycles. The second-order valence-corrected chi connectivity index (χ2v) is 8.37. The Balaban J connectivity index is 2.20. The number of Topliss-reactive ketones (excluding diaryl/α,β-unsaturated/α-hetero) is 1. The number of carbonyl (C=O) groups is 1. The molecule has 0 radical (unpaired) electrons. The summed E-state index contributed by atoms with van der Waals surface area (Å²) < 4.78 is 16.5. The van der Waals surface area contributed by atoms with Crippen LogP contribution in [0.2, 0.25) is 13.1 Å². The number of hydrogen-bond donors (Lipinski definition) is 0. The number of rotatable bonds is 3. The van der Waals surface area contributed by atoms with Crippen LogP contribution in [0.3, 0.4) is 0 Å². The smallest absolute Gasteiger partial charge is 0.332 e. The van der Waals surface area contributed by atoms with Crippen molar-refractivity contribution in [3.63, 3.8) is 0 Å². The van der Waals surface area contributed by atoms with Crippen molar-refractivity contribution >= 4 is 14.3 Å². The number of ether oxygens (including phenoxy) is 1. The van der Waals surface area contributed by atoms with Gasteiger partial charge in [-0.15, -0.1) is 0 Å². The molecule has 0 N–H and O–H groups in total. The van der Waals surface area contributed by atoms with Gasteiger partial charge in [0.15, 0.2) is 5.78 Å². The van der Waals surface area contributed by atoms with E-state index < -0.39 is 14.2 Å². The maximum absolute atomic E-state index is 12.4. The highest BCUT2D eigenvalue weighted by Crippen LogP contribution is 2.31. The standard InChI is InChI=1S/C13H18O4Si/c1-13(9-16-18(3,4)17-13)12(14)10-5-7-11(15-2)8-6-10/h5-8H,9H2,1-4H3. The SMILES string of the molecule is COc1ccc(C(=O)C2(C)CO[Si](C)(C)O2)cc1. The zero-order valence-corrected chi connectivity index (χ0v) is 12.1. The van der Waals surface area contributed by atoms with Gasteiger partial charge in [-0.2, -0.15) is 0 Å². The molecule has 1 unspecified atom stereocenters. The molecular weight excluding hydrogens is 248 g/mol. The van der Waals surface area contributed by atoms with Gasteiger partial charge in [-0.05, 0) is 44.3 Å². The van der Waals surface area contributed by atoms with E-state index in [-0.39, 0.29) is 5.78 Å². The molecular formula is C13H18O4Si. The minimum absolute atomic E-state index is 0.0387. The van der Waals surface area contributed by atoms with Crippen molar-refractivity contribution in [2.24, 2.45) is 0 Å². The van der Waals surface area contributed by atoms with Crippen LogP contribution in [-0.2, 0) is 8.85 Å². The van der Waals surface area contributed by atoms with E-state index in [2.05, 4.69) is 0 Å². The summed E-state index contributed by atoms with van der Waals surface area (Å²) in [4.78, 5) is 12.4. The molecule has 1 heterocycles. The van der Waals surface area contributed by atoms with Crippen LogP contribution in [0, 0.1) is 0 Å². The summed E-state index contributed by atoms with van der Waals surface area (Å²) in [5, 5.41) is 0. The van der Waals surface area contributed by atoms with Gasteiger partial charge in [0.1, 0.15) is 11.4 Å². The van der Waals surface area contributed by atoms with Crippen LogP contribution in [0.25, 0.3) is 0 Å². The van der Waals surface area contributed by atoms with Crippen LogP contribution in [0.1, 0.15) is 17.3 Å². The lowest BCUT2D eigenvalue weighted by Gasteiger charge is -2.23. The molecule has 98 valence electrons. The number of methoxy groups -OCH3 is 1. The summed E-state index contributed by atoms with van der Waals surface area (Å²) in [5.74, 6) is 0.693. The molecule has 2 rings (SSSR count). The monoisotopic (exact) mass is 266 g/mol. The van der Waals surface area contributed by atoms with Gasteiger partial charge in [0.25, 0.3) is 0 Å². The Kier molecular flexibility index (Phi) is 3.31. The van der Waals surface area contributed by atoms with E-state index in [1.165, 1.54) is 0 Å². The molecule has 1 fully saturated rings. The lowest BCUT2D eigenvalue weighted by molar-refractivity contribution is 0.0581. The summed E-state index contributed by atoms with van der Waals surface area (Å²) in [6, 6.07) is 7.05. The molecule has 1 aliphatic rings. The average Bonchev–Trinajstić information content (AvgIpc) is 2.64. The molecule has 4 nitrogen and oxygen atoms in total. The van der Waals surface area contributed by atoms with Crippen LogP contribution in [0.5, 0.6) is 5.75 Å². The highest BCUT2D eigenvalue weighted by atomic mass is 28.4. The summed E-state index contributed by atoms with van der Waals surface area (Å²) >= 11 is 0. The number of carbonyl (C=O) groups excluding carboxylic acids is 1. The van der Waals surface area contributed by atoms with E-state index in [0.717, 1.165) is 5.75 Å². The molecule has 0 amide bonds. The summed E-state index contributed by atoms with van der Waals surface area (Å²) in [7, 11) is -0.537. The third-order valence-corrected chi connectivity index (χ3v) is 4.78. The molecule has 1 aromatic rings. The minimum atomic E-state index is -2.13. The Labute approximate surface area is 108 Å². The molecule has 18 heavy (non-hydrogen) atoms. The molecule has 1 atom stereocenters. The Bertz CT molecular complexity index is 455. The number of hydrogen-bond acceptors (Lipinski definition) is 4. The molecule has 0 aliphatic carbocycles. The maximum atomic E-state index is 12.4. The van der Waals surface area contributed by atoms with Crippen LogP contribution >= 0.6 is 0 Å². The fourth-order valence-corrected chi connectivity index (χ4v) is 3.99. The topological polar surface area (TPSA) is 44.8 Å². The van der Waals surface area contributed by atoms with E-state index in [4.69, 9.17) is 13.6 Å². The maximum Gasteiger partial charge on any atom is 0.332 e. The quantitative estimate of drug-likeness (QED) is 0.622. The van der Waals surface area contributed by atoms with Gasteiger partial charge in [0, 0.05) is 5.56 Å². The van der Waals surface area contributed by atoms with Gasteiger partial charge < -0.3 is 13.6 Å². The highest BCUT2D eigenvalue weighted by Gasteiger charge is 2.48. The predicted molar refractivity (Wildman–Crippen MR) is 70.2 cm³/mol. The molecule has 5 heteroatoms. The fraction of sp³-hybridized carbons (Fsp3) is 0.462. The van der Waals surface area contributed by atoms with E-state index in [1.807, 2.05) is 13.1 Å². The molecule has 1 saturated heterocycles.